The van der Waals surface area contributed by atoms with Crippen molar-refractivity contribution >= 4 is 5.91 Å². The molecule has 1 aliphatic heterocycles. The highest BCUT2D eigenvalue weighted by atomic mass is 16.5. The number of carbonyl (C=O) groups is 1. The average molecular weight is 290 g/mol. The number of rotatable bonds is 8. The number of hydrogen-bond donors (Lipinski definition) is 1. The van der Waals surface area contributed by atoms with Gasteiger partial charge in [0.2, 0.25) is 5.91 Å². The molecule has 1 amide bonds. The maximum absolute atomic E-state index is 11.8. The topological polar surface area (TPSA) is 41.6 Å². The predicted octanol–water partition coefficient (Wildman–Crippen LogP) is 2.75. The van der Waals surface area contributed by atoms with E-state index in [4.69, 9.17) is 4.74 Å². The Morgan fingerprint density at radius 3 is 2.62 bits per heavy atom. The molecule has 0 radical (unpaired) electrons. The van der Waals surface area contributed by atoms with Crippen LogP contribution in [-0.2, 0) is 4.79 Å². The van der Waals surface area contributed by atoms with Crippen LogP contribution in [0.5, 0.6) is 5.75 Å². The molecular weight excluding hydrogens is 264 g/mol. The molecule has 1 atom stereocenters. The molecule has 0 spiro atoms. The van der Waals surface area contributed by atoms with Gasteiger partial charge in [0.25, 0.3) is 0 Å². The van der Waals surface area contributed by atoms with E-state index in [0.29, 0.717) is 13.0 Å². The molecule has 1 fully saturated rings. The van der Waals surface area contributed by atoms with E-state index in [9.17, 15) is 4.79 Å². The van der Waals surface area contributed by atoms with Gasteiger partial charge >= 0.3 is 0 Å². The van der Waals surface area contributed by atoms with Crippen molar-refractivity contribution in [2.75, 3.05) is 26.2 Å². The van der Waals surface area contributed by atoms with Gasteiger partial charge in [-0.25, -0.2) is 0 Å². The lowest BCUT2D eigenvalue weighted by Crippen LogP contribution is -2.36. The smallest absolute Gasteiger partial charge is 0.222 e. The highest BCUT2D eigenvalue weighted by molar-refractivity contribution is 5.78. The fourth-order valence-electron chi connectivity index (χ4n) is 2.69. The van der Waals surface area contributed by atoms with E-state index in [-0.39, 0.29) is 11.9 Å². The molecule has 2 rings (SSSR count). The molecule has 116 valence electrons. The van der Waals surface area contributed by atoms with Gasteiger partial charge in [0.15, 0.2) is 0 Å². The molecule has 0 saturated carbocycles. The Balaban J connectivity index is 2.05. The Hall–Kier alpha value is -1.55. The van der Waals surface area contributed by atoms with E-state index in [1.807, 2.05) is 24.0 Å². The van der Waals surface area contributed by atoms with Crippen molar-refractivity contribution in [2.24, 2.45) is 0 Å². The SMILES string of the molecule is CCCNC(CN1CCCC1=O)c1ccc(OCC)cc1. The Morgan fingerprint density at radius 2 is 2.05 bits per heavy atom. The van der Waals surface area contributed by atoms with Crippen LogP contribution in [-0.4, -0.2) is 37.0 Å². The zero-order valence-corrected chi connectivity index (χ0v) is 13.1. The normalized spacial score (nSPS) is 16.3. The number of nitrogens with one attached hydrogen (secondary N) is 1. The molecule has 1 aromatic carbocycles. The lowest BCUT2D eigenvalue weighted by atomic mass is 10.1. The van der Waals surface area contributed by atoms with Gasteiger partial charge in [0, 0.05) is 25.6 Å². The van der Waals surface area contributed by atoms with Crippen molar-refractivity contribution in [3.8, 4) is 5.75 Å². The number of hydrogen-bond acceptors (Lipinski definition) is 3. The third kappa shape index (κ3) is 4.46. The van der Waals surface area contributed by atoms with Gasteiger partial charge in [0.05, 0.1) is 6.61 Å². The lowest BCUT2D eigenvalue weighted by molar-refractivity contribution is -0.128. The molecule has 0 aliphatic carbocycles. The standard InChI is InChI=1S/C17H26N2O2/c1-3-11-18-16(13-19-12-5-6-17(19)20)14-7-9-15(10-8-14)21-4-2/h7-10,16,18H,3-6,11-13H2,1-2H3. The molecule has 1 aliphatic rings. The first-order valence-corrected chi connectivity index (χ1v) is 7.98. The minimum absolute atomic E-state index is 0.197. The van der Waals surface area contributed by atoms with Crippen LogP contribution in [0.15, 0.2) is 24.3 Å². The van der Waals surface area contributed by atoms with E-state index < -0.39 is 0 Å². The van der Waals surface area contributed by atoms with Crippen LogP contribution < -0.4 is 10.1 Å². The average Bonchev–Trinajstić information content (AvgIpc) is 2.90. The van der Waals surface area contributed by atoms with Crippen LogP contribution in [0.2, 0.25) is 0 Å². The van der Waals surface area contributed by atoms with Gasteiger partial charge in [0.1, 0.15) is 5.75 Å². The Labute approximate surface area is 127 Å². The first-order valence-electron chi connectivity index (χ1n) is 7.98. The van der Waals surface area contributed by atoms with Crippen molar-refractivity contribution in [3.63, 3.8) is 0 Å². The molecule has 1 N–H and O–H groups in total. The van der Waals surface area contributed by atoms with Crippen molar-refractivity contribution in [1.82, 2.24) is 10.2 Å². The summed E-state index contributed by atoms with van der Waals surface area (Å²) < 4.78 is 5.49. The van der Waals surface area contributed by atoms with Crippen LogP contribution in [0.25, 0.3) is 0 Å². The number of likely N-dealkylation sites (tertiary alicyclic amines) is 1. The van der Waals surface area contributed by atoms with Crippen molar-refractivity contribution < 1.29 is 9.53 Å². The lowest BCUT2D eigenvalue weighted by Gasteiger charge is -2.25. The second-order valence-corrected chi connectivity index (χ2v) is 5.45. The number of ether oxygens (including phenoxy) is 1. The fourth-order valence-corrected chi connectivity index (χ4v) is 2.69. The van der Waals surface area contributed by atoms with Crippen molar-refractivity contribution in [3.05, 3.63) is 29.8 Å². The second-order valence-electron chi connectivity index (χ2n) is 5.45. The summed E-state index contributed by atoms with van der Waals surface area (Å²) in [5.74, 6) is 1.18. The monoisotopic (exact) mass is 290 g/mol. The van der Waals surface area contributed by atoms with Gasteiger partial charge in [-0.15, -0.1) is 0 Å². The number of amides is 1. The van der Waals surface area contributed by atoms with Crippen molar-refractivity contribution in [1.29, 1.82) is 0 Å². The molecule has 1 heterocycles. The summed E-state index contributed by atoms with van der Waals surface area (Å²) in [7, 11) is 0. The van der Waals surface area contributed by atoms with E-state index in [1.165, 1.54) is 5.56 Å². The summed E-state index contributed by atoms with van der Waals surface area (Å²) in [6, 6.07) is 8.40. The van der Waals surface area contributed by atoms with Gasteiger partial charge in [-0.1, -0.05) is 19.1 Å². The third-order valence-corrected chi connectivity index (χ3v) is 3.81. The third-order valence-electron chi connectivity index (χ3n) is 3.81. The zero-order valence-electron chi connectivity index (χ0n) is 13.1. The summed E-state index contributed by atoms with van der Waals surface area (Å²) in [5.41, 5.74) is 1.21. The van der Waals surface area contributed by atoms with Crippen molar-refractivity contribution in [2.45, 2.75) is 39.2 Å². The summed E-state index contributed by atoms with van der Waals surface area (Å²) >= 11 is 0. The first kappa shape index (κ1) is 15.8. The second kappa shape index (κ2) is 8.03. The Morgan fingerprint density at radius 1 is 1.29 bits per heavy atom. The Bertz CT molecular complexity index is 445. The fraction of sp³-hybridized carbons (Fsp3) is 0.588. The first-order chi connectivity index (χ1) is 10.2. The minimum atomic E-state index is 0.197. The molecule has 1 unspecified atom stereocenters. The van der Waals surface area contributed by atoms with E-state index >= 15 is 0 Å². The van der Waals surface area contributed by atoms with Gasteiger partial charge < -0.3 is 15.0 Å². The zero-order chi connectivity index (χ0) is 15.1. The summed E-state index contributed by atoms with van der Waals surface area (Å²) in [5, 5.41) is 3.55. The van der Waals surface area contributed by atoms with E-state index in [0.717, 1.165) is 38.2 Å². The predicted molar refractivity (Wildman–Crippen MR) is 84.5 cm³/mol. The number of benzene rings is 1. The number of carbonyl (C=O) groups excluding carboxylic acids is 1. The minimum Gasteiger partial charge on any atom is -0.494 e. The molecule has 0 aromatic heterocycles. The van der Waals surface area contributed by atoms with Crippen LogP contribution in [0, 0.1) is 0 Å². The Kier molecular flexibility index (Phi) is 6.05. The van der Waals surface area contributed by atoms with E-state index in [2.05, 4.69) is 24.4 Å². The maximum Gasteiger partial charge on any atom is 0.222 e. The van der Waals surface area contributed by atoms with Crippen LogP contribution in [0.1, 0.15) is 44.7 Å². The molecule has 21 heavy (non-hydrogen) atoms. The summed E-state index contributed by atoms with van der Waals surface area (Å²) in [4.78, 5) is 13.8. The largest absolute Gasteiger partial charge is 0.494 e. The van der Waals surface area contributed by atoms with Crippen LogP contribution in [0.4, 0.5) is 0 Å². The van der Waals surface area contributed by atoms with Gasteiger partial charge in [-0.2, -0.15) is 0 Å². The molecule has 4 heteroatoms. The quantitative estimate of drug-likeness (QED) is 0.800. The maximum atomic E-state index is 11.8. The summed E-state index contributed by atoms with van der Waals surface area (Å²) in [6.07, 6.45) is 2.77. The van der Waals surface area contributed by atoms with Gasteiger partial charge in [-0.3, -0.25) is 4.79 Å². The number of nitrogens with zero attached hydrogens (tertiary/aromatic N) is 1. The highest BCUT2D eigenvalue weighted by Crippen LogP contribution is 2.21. The van der Waals surface area contributed by atoms with Gasteiger partial charge in [-0.05, 0) is 44.0 Å². The van der Waals surface area contributed by atoms with E-state index in [1.54, 1.807) is 0 Å². The van der Waals surface area contributed by atoms with Crippen LogP contribution in [0.3, 0.4) is 0 Å². The molecule has 0 bridgehead atoms. The summed E-state index contributed by atoms with van der Waals surface area (Å²) in [6.45, 7) is 7.42. The molecule has 1 saturated heterocycles. The molecular formula is C17H26N2O2. The highest BCUT2D eigenvalue weighted by Gasteiger charge is 2.23. The van der Waals surface area contributed by atoms with Crippen LogP contribution >= 0.6 is 0 Å². The molecule has 1 aromatic rings. The molecule has 4 nitrogen and oxygen atoms in total.